The number of aromatic nitrogens is 1. The lowest BCUT2D eigenvalue weighted by Gasteiger charge is -2.09. The van der Waals surface area contributed by atoms with E-state index in [2.05, 4.69) is 15.6 Å². The fourth-order valence-electron chi connectivity index (χ4n) is 2.53. The number of para-hydroxylation sites is 1. The standard InChI is InChI=1S/C19H18ClN3O/c20-16-7-1-4-14(12-16)9-11-21-13-18(24)23-17-8-2-5-15-6-3-10-22-19(15)17/h1-8,10,12,21H,9,11,13H2,(H,23,24). The molecule has 0 aliphatic heterocycles. The number of nitrogens with zero attached hydrogens (tertiary/aromatic N) is 1. The number of carbonyl (C=O) groups excluding carboxylic acids is 1. The largest absolute Gasteiger partial charge is 0.323 e. The predicted octanol–water partition coefficient (Wildman–Crippen LogP) is 3.66. The van der Waals surface area contributed by atoms with Crippen molar-refractivity contribution >= 4 is 34.1 Å². The van der Waals surface area contributed by atoms with Crippen LogP contribution >= 0.6 is 11.6 Å². The van der Waals surface area contributed by atoms with Gasteiger partial charge in [-0.3, -0.25) is 9.78 Å². The van der Waals surface area contributed by atoms with Crippen LogP contribution in [0.1, 0.15) is 5.56 Å². The Hall–Kier alpha value is -2.43. The van der Waals surface area contributed by atoms with Gasteiger partial charge < -0.3 is 10.6 Å². The van der Waals surface area contributed by atoms with Gasteiger partial charge >= 0.3 is 0 Å². The van der Waals surface area contributed by atoms with Gasteiger partial charge in [0.15, 0.2) is 0 Å². The van der Waals surface area contributed by atoms with Gasteiger partial charge in [-0.15, -0.1) is 0 Å². The number of benzene rings is 2. The molecule has 0 saturated heterocycles. The Morgan fingerprint density at radius 1 is 1.08 bits per heavy atom. The first-order chi connectivity index (χ1) is 11.7. The Morgan fingerprint density at radius 3 is 2.79 bits per heavy atom. The van der Waals surface area contributed by atoms with Crippen molar-refractivity contribution in [1.29, 1.82) is 0 Å². The van der Waals surface area contributed by atoms with Crippen LogP contribution in [0.4, 0.5) is 5.69 Å². The number of hydrogen-bond acceptors (Lipinski definition) is 3. The fourth-order valence-corrected chi connectivity index (χ4v) is 2.74. The SMILES string of the molecule is O=C(CNCCc1cccc(Cl)c1)Nc1cccc2cccnc12. The Kier molecular flexibility index (Phi) is 5.41. The summed E-state index contributed by atoms with van der Waals surface area (Å²) in [7, 11) is 0. The first-order valence-corrected chi connectivity index (χ1v) is 8.19. The zero-order chi connectivity index (χ0) is 16.8. The van der Waals surface area contributed by atoms with Crippen LogP contribution in [0.15, 0.2) is 60.8 Å². The van der Waals surface area contributed by atoms with Crippen molar-refractivity contribution < 1.29 is 4.79 Å². The molecule has 0 aliphatic carbocycles. The maximum Gasteiger partial charge on any atom is 0.238 e. The Balaban J connectivity index is 1.50. The van der Waals surface area contributed by atoms with Gasteiger partial charge in [-0.05, 0) is 42.8 Å². The smallest absolute Gasteiger partial charge is 0.238 e. The van der Waals surface area contributed by atoms with Gasteiger partial charge in [0.25, 0.3) is 0 Å². The van der Waals surface area contributed by atoms with Crippen LogP contribution in [-0.4, -0.2) is 24.0 Å². The van der Waals surface area contributed by atoms with Crippen LogP contribution in [0.2, 0.25) is 5.02 Å². The molecule has 3 rings (SSSR count). The molecule has 1 amide bonds. The molecule has 1 heterocycles. The molecule has 0 bridgehead atoms. The van der Waals surface area contributed by atoms with Crippen molar-refractivity contribution in [2.45, 2.75) is 6.42 Å². The van der Waals surface area contributed by atoms with Gasteiger partial charge in [0.05, 0.1) is 17.7 Å². The maximum absolute atomic E-state index is 12.1. The van der Waals surface area contributed by atoms with Crippen molar-refractivity contribution in [3.63, 3.8) is 0 Å². The van der Waals surface area contributed by atoms with E-state index in [1.807, 2.05) is 54.6 Å². The summed E-state index contributed by atoms with van der Waals surface area (Å²) in [5.41, 5.74) is 2.68. The number of carbonyl (C=O) groups is 1. The lowest BCUT2D eigenvalue weighted by Crippen LogP contribution is -2.29. The number of anilines is 1. The van der Waals surface area contributed by atoms with Crippen LogP contribution in [0.25, 0.3) is 10.9 Å². The molecule has 122 valence electrons. The zero-order valence-electron chi connectivity index (χ0n) is 13.1. The van der Waals surface area contributed by atoms with E-state index in [0.29, 0.717) is 6.54 Å². The van der Waals surface area contributed by atoms with Crippen LogP contribution in [0.5, 0.6) is 0 Å². The van der Waals surface area contributed by atoms with E-state index in [9.17, 15) is 4.79 Å². The topological polar surface area (TPSA) is 54.0 Å². The lowest BCUT2D eigenvalue weighted by atomic mass is 10.1. The molecule has 1 aromatic heterocycles. The van der Waals surface area contributed by atoms with E-state index in [-0.39, 0.29) is 12.5 Å². The van der Waals surface area contributed by atoms with E-state index >= 15 is 0 Å². The van der Waals surface area contributed by atoms with Crippen LogP contribution in [-0.2, 0) is 11.2 Å². The van der Waals surface area contributed by atoms with Gasteiger partial charge in [-0.25, -0.2) is 0 Å². The van der Waals surface area contributed by atoms with Gasteiger partial charge in [-0.1, -0.05) is 41.9 Å². The van der Waals surface area contributed by atoms with Crippen molar-refractivity contribution in [2.75, 3.05) is 18.4 Å². The van der Waals surface area contributed by atoms with Crippen molar-refractivity contribution in [2.24, 2.45) is 0 Å². The van der Waals surface area contributed by atoms with Crippen LogP contribution < -0.4 is 10.6 Å². The normalized spacial score (nSPS) is 10.7. The average molecular weight is 340 g/mol. The molecule has 0 radical (unpaired) electrons. The number of amides is 1. The minimum absolute atomic E-state index is 0.0840. The number of halogens is 1. The van der Waals surface area contributed by atoms with Gasteiger partial charge in [0.2, 0.25) is 5.91 Å². The zero-order valence-corrected chi connectivity index (χ0v) is 13.9. The third-order valence-corrected chi connectivity index (χ3v) is 3.91. The quantitative estimate of drug-likeness (QED) is 0.674. The van der Waals surface area contributed by atoms with E-state index < -0.39 is 0 Å². The average Bonchev–Trinajstić information content (AvgIpc) is 2.59. The highest BCUT2D eigenvalue weighted by Gasteiger charge is 2.06. The van der Waals surface area contributed by atoms with E-state index in [0.717, 1.165) is 33.6 Å². The summed E-state index contributed by atoms with van der Waals surface area (Å²) >= 11 is 5.96. The predicted molar refractivity (Wildman–Crippen MR) is 98.4 cm³/mol. The molecule has 24 heavy (non-hydrogen) atoms. The molecule has 2 N–H and O–H groups in total. The third kappa shape index (κ3) is 4.31. The second kappa shape index (κ2) is 7.90. The molecule has 0 aliphatic rings. The fraction of sp³-hybridized carbons (Fsp3) is 0.158. The van der Waals surface area contributed by atoms with E-state index in [1.165, 1.54) is 0 Å². The van der Waals surface area contributed by atoms with Gasteiger partial charge in [-0.2, -0.15) is 0 Å². The molecule has 0 fully saturated rings. The Morgan fingerprint density at radius 2 is 1.92 bits per heavy atom. The van der Waals surface area contributed by atoms with Crippen LogP contribution in [0.3, 0.4) is 0 Å². The number of pyridine rings is 1. The summed E-state index contributed by atoms with van der Waals surface area (Å²) < 4.78 is 0. The summed E-state index contributed by atoms with van der Waals surface area (Å²) in [6, 6.07) is 17.3. The highest BCUT2D eigenvalue weighted by molar-refractivity contribution is 6.30. The third-order valence-electron chi connectivity index (χ3n) is 3.67. The first kappa shape index (κ1) is 16.4. The minimum atomic E-state index is -0.0840. The van der Waals surface area contributed by atoms with Crippen molar-refractivity contribution in [1.82, 2.24) is 10.3 Å². The Bertz CT molecular complexity index is 845. The highest BCUT2D eigenvalue weighted by Crippen LogP contribution is 2.20. The molecule has 4 nitrogen and oxygen atoms in total. The molecule has 3 aromatic rings. The molecular weight excluding hydrogens is 322 g/mol. The highest BCUT2D eigenvalue weighted by atomic mass is 35.5. The molecule has 0 atom stereocenters. The molecule has 5 heteroatoms. The second-order valence-corrected chi connectivity index (χ2v) is 5.92. The Labute approximate surface area is 145 Å². The summed E-state index contributed by atoms with van der Waals surface area (Å²) in [6.45, 7) is 0.964. The summed E-state index contributed by atoms with van der Waals surface area (Å²) in [5, 5.41) is 7.79. The number of hydrogen-bond donors (Lipinski definition) is 2. The van der Waals surface area contributed by atoms with Gasteiger partial charge in [0, 0.05) is 16.6 Å². The van der Waals surface area contributed by atoms with E-state index in [1.54, 1.807) is 6.20 Å². The maximum atomic E-state index is 12.1. The van der Waals surface area contributed by atoms with E-state index in [4.69, 9.17) is 11.6 Å². The molecule has 0 saturated carbocycles. The number of rotatable bonds is 6. The number of fused-ring (bicyclic) bond motifs is 1. The first-order valence-electron chi connectivity index (χ1n) is 7.81. The lowest BCUT2D eigenvalue weighted by molar-refractivity contribution is -0.115. The monoisotopic (exact) mass is 339 g/mol. The summed E-state index contributed by atoms with van der Waals surface area (Å²) in [5.74, 6) is -0.0840. The summed E-state index contributed by atoms with van der Waals surface area (Å²) in [6.07, 6.45) is 2.55. The molecule has 2 aromatic carbocycles. The molecule has 0 spiro atoms. The van der Waals surface area contributed by atoms with Crippen LogP contribution in [0, 0.1) is 0 Å². The minimum Gasteiger partial charge on any atom is -0.323 e. The van der Waals surface area contributed by atoms with Crippen molar-refractivity contribution in [3.8, 4) is 0 Å². The summed E-state index contributed by atoms with van der Waals surface area (Å²) in [4.78, 5) is 16.4. The molecular formula is C19H18ClN3O. The second-order valence-electron chi connectivity index (χ2n) is 5.49. The molecule has 0 unspecified atom stereocenters. The number of nitrogens with one attached hydrogen (secondary N) is 2. The van der Waals surface area contributed by atoms with Crippen molar-refractivity contribution in [3.05, 3.63) is 71.4 Å². The van der Waals surface area contributed by atoms with Gasteiger partial charge in [0.1, 0.15) is 0 Å².